The summed E-state index contributed by atoms with van der Waals surface area (Å²) in [5, 5.41) is 3.10. The van der Waals surface area contributed by atoms with Gasteiger partial charge < -0.3 is 10.2 Å². The summed E-state index contributed by atoms with van der Waals surface area (Å²) < 4.78 is 0. The number of carbonyl (C=O) groups is 2. The Kier molecular flexibility index (Phi) is 4.23. The molecule has 5 heteroatoms. The van der Waals surface area contributed by atoms with Gasteiger partial charge >= 0.3 is 0 Å². The molecule has 15 heavy (non-hydrogen) atoms. The van der Waals surface area contributed by atoms with E-state index in [9.17, 15) is 9.59 Å². The van der Waals surface area contributed by atoms with E-state index in [1.54, 1.807) is 0 Å². The fourth-order valence-corrected chi connectivity index (χ4v) is 1.50. The number of imide groups is 1. The minimum atomic E-state index is -0.312. The fourth-order valence-electron chi connectivity index (χ4n) is 1.50. The number of nitrogens with zero attached hydrogens (tertiary/aromatic N) is 2. The van der Waals surface area contributed by atoms with Gasteiger partial charge in [0.2, 0.25) is 11.8 Å². The highest BCUT2D eigenvalue weighted by molar-refractivity contribution is 6.05. The highest BCUT2D eigenvalue weighted by atomic mass is 16.2. The number of hydrogen-bond donors (Lipinski definition) is 1. The molecule has 86 valence electrons. The fraction of sp³-hybridized carbons (Fsp3) is 0.800. The summed E-state index contributed by atoms with van der Waals surface area (Å²) in [6.45, 7) is 4.69. The van der Waals surface area contributed by atoms with Gasteiger partial charge in [0, 0.05) is 20.1 Å². The molecule has 0 bridgehead atoms. The Bertz CT molecular complexity index is 255. The van der Waals surface area contributed by atoms with Gasteiger partial charge in [-0.05, 0) is 13.6 Å². The van der Waals surface area contributed by atoms with Crippen LogP contribution in [0.5, 0.6) is 0 Å². The third-order valence-electron chi connectivity index (χ3n) is 2.81. The standard InChI is InChI=1S/C10H19N3O2/c1-4-12(2)6-5-11-8-7-9(14)13(3)10(8)15/h8,11H,4-7H2,1-3H3. The number of hydrogen-bond acceptors (Lipinski definition) is 4. The molecule has 1 N–H and O–H groups in total. The van der Waals surface area contributed by atoms with Crippen LogP contribution in [0.4, 0.5) is 0 Å². The summed E-state index contributed by atoms with van der Waals surface area (Å²) in [7, 11) is 3.56. The molecule has 0 aliphatic carbocycles. The molecule has 1 fully saturated rings. The van der Waals surface area contributed by atoms with E-state index in [1.807, 2.05) is 7.05 Å². The molecule has 1 aliphatic heterocycles. The first-order valence-electron chi connectivity index (χ1n) is 5.28. The molecule has 0 saturated carbocycles. The Morgan fingerprint density at radius 2 is 2.20 bits per heavy atom. The second-order valence-corrected chi connectivity index (χ2v) is 3.90. The molecule has 1 rings (SSSR count). The third kappa shape index (κ3) is 3.00. The number of nitrogens with one attached hydrogen (secondary N) is 1. The summed E-state index contributed by atoms with van der Waals surface area (Å²) in [4.78, 5) is 26.0. The van der Waals surface area contributed by atoms with Crippen molar-refractivity contribution in [3.05, 3.63) is 0 Å². The molecule has 0 spiro atoms. The summed E-state index contributed by atoms with van der Waals surface area (Å²) >= 11 is 0. The lowest BCUT2D eigenvalue weighted by Crippen LogP contribution is -2.40. The van der Waals surface area contributed by atoms with Gasteiger partial charge in [-0.3, -0.25) is 14.5 Å². The maximum absolute atomic E-state index is 11.5. The van der Waals surface area contributed by atoms with Gasteiger partial charge in [0.25, 0.3) is 0 Å². The first-order chi connectivity index (χ1) is 7.06. The maximum atomic E-state index is 11.5. The van der Waals surface area contributed by atoms with Crippen LogP contribution in [0.1, 0.15) is 13.3 Å². The van der Waals surface area contributed by atoms with Crippen molar-refractivity contribution in [3.63, 3.8) is 0 Å². The van der Waals surface area contributed by atoms with Crippen molar-refractivity contribution in [2.75, 3.05) is 33.7 Å². The zero-order chi connectivity index (χ0) is 11.4. The van der Waals surface area contributed by atoms with E-state index in [1.165, 1.54) is 11.9 Å². The Balaban J connectivity index is 2.29. The van der Waals surface area contributed by atoms with Crippen molar-refractivity contribution in [3.8, 4) is 0 Å². The van der Waals surface area contributed by atoms with E-state index in [0.29, 0.717) is 6.42 Å². The van der Waals surface area contributed by atoms with Crippen LogP contribution >= 0.6 is 0 Å². The molecule has 5 nitrogen and oxygen atoms in total. The molecule has 1 unspecified atom stereocenters. The lowest BCUT2D eigenvalue weighted by molar-refractivity contribution is -0.137. The Morgan fingerprint density at radius 1 is 1.53 bits per heavy atom. The zero-order valence-electron chi connectivity index (χ0n) is 9.62. The van der Waals surface area contributed by atoms with Crippen LogP contribution in [0, 0.1) is 0 Å². The van der Waals surface area contributed by atoms with Gasteiger partial charge in [0.1, 0.15) is 0 Å². The number of rotatable bonds is 5. The minimum absolute atomic E-state index is 0.0960. The Hall–Kier alpha value is -0.940. The van der Waals surface area contributed by atoms with Gasteiger partial charge in [-0.15, -0.1) is 0 Å². The number of carbonyl (C=O) groups excluding carboxylic acids is 2. The van der Waals surface area contributed by atoms with E-state index in [4.69, 9.17) is 0 Å². The predicted octanol–water partition coefficient (Wildman–Crippen LogP) is -0.715. The van der Waals surface area contributed by atoms with E-state index in [-0.39, 0.29) is 17.9 Å². The summed E-state index contributed by atoms with van der Waals surface area (Å²) in [6, 6.07) is -0.312. The molecule has 0 aromatic rings. The first-order valence-corrected chi connectivity index (χ1v) is 5.28. The van der Waals surface area contributed by atoms with Crippen LogP contribution in [0.3, 0.4) is 0 Å². The zero-order valence-corrected chi connectivity index (χ0v) is 9.62. The number of likely N-dealkylation sites (tertiary alicyclic amines) is 1. The van der Waals surface area contributed by atoms with Gasteiger partial charge in [-0.25, -0.2) is 0 Å². The van der Waals surface area contributed by atoms with Crippen LogP contribution in [-0.4, -0.2) is 61.4 Å². The van der Waals surface area contributed by atoms with Gasteiger partial charge in [-0.2, -0.15) is 0 Å². The van der Waals surface area contributed by atoms with Gasteiger partial charge in [-0.1, -0.05) is 6.92 Å². The molecular weight excluding hydrogens is 194 g/mol. The average Bonchev–Trinajstić information content (AvgIpc) is 2.46. The molecule has 1 atom stereocenters. The van der Waals surface area contributed by atoms with Gasteiger partial charge in [0.05, 0.1) is 12.5 Å². The highest BCUT2D eigenvalue weighted by Crippen LogP contribution is 2.09. The van der Waals surface area contributed by atoms with E-state index < -0.39 is 0 Å². The normalized spacial score (nSPS) is 21.9. The molecule has 2 amide bonds. The van der Waals surface area contributed by atoms with Crippen LogP contribution in [0.15, 0.2) is 0 Å². The average molecular weight is 213 g/mol. The highest BCUT2D eigenvalue weighted by Gasteiger charge is 2.35. The third-order valence-corrected chi connectivity index (χ3v) is 2.81. The molecule has 1 saturated heterocycles. The van der Waals surface area contributed by atoms with Crippen molar-refractivity contribution < 1.29 is 9.59 Å². The molecule has 0 radical (unpaired) electrons. The van der Waals surface area contributed by atoms with Gasteiger partial charge in [0.15, 0.2) is 0 Å². The SMILES string of the molecule is CCN(C)CCNC1CC(=O)N(C)C1=O. The lowest BCUT2D eigenvalue weighted by atomic mass is 10.2. The van der Waals surface area contributed by atoms with Crippen molar-refractivity contribution in [1.29, 1.82) is 0 Å². The topological polar surface area (TPSA) is 52.7 Å². The summed E-state index contributed by atoms with van der Waals surface area (Å²) in [6.07, 6.45) is 0.297. The van der Waals surface area contributed by atoms with Crippen molar-refractivity contribution in [2.45, 2.75) is 19.4 Å². The van der Waals surface area contributed by atoms with E-state index in [2.05, 4.69) is 17.1 Å². The Morgan fingerprint density at radius 3 is 2.67 bits per heavy atom. The monoisotopic (exact) mass is 213 g/mol. The Labute approximate surface area is 90.4 Å². The van der Waals surface area contributed by atoms with Crippen molar-refractivity contribution in [2.24, 2.45) is 0 Å². The second-order valence-electron chi connectivity index (χ2n) is 3.90. The van der Waals surface area contributed by atoms with Crippen LogP contribution in [0.25, 0.3) is 0 Å². The van der Waals surface area contributed by atoms with Crippen molar-refractivity contribution in [1.82, 2.24) is 15.1 Å². The van der Waals surface area contributed by atoms with E-state index >= 15 is 0 Å². The summed E-state index contributed by atoms with van der Waals surface area (Å²) in [5.41, 5.74) is 0. The van der Waals surface area contributed by atoms with Crippen LogP contribution < -0.4 is 5.32 Å². The summed E-state index contributed by atoms with van der Waals surface area (Å²) in [5.74, 6) is -0.208. The predicted molar refractivity (Wildman–Crippen MR) is 57.4 cm³/mol. The number of likely N-dealkylation sites (N-methyl/N-ethyl adjacent to an activating group) is 2. The van der Waals surface area contributed by atoms with Crippen LogP contribution in [0.2, 0.25) is 0 Å². The van der Waals surface area contributed by atoms with E-state index in [0.717, 1.165) is 19.6 Å². The molecule has 1 heterocycles. The smallest absolute Gasteiger partial charge is 0.246 e. The molecule has 1 aliphatic rings. The first kappa shape index (κ1) is 12.1. The minimum Gasteiger partial charge on any atom is -0.305 e. The number of amides is 2. The largest absolute Gasteiger partial charge is 0.305 e. The molecular formula is C10H19N3O2. The van der Waals surface area contributed by atoms with Crippen LogP contribution in [-0.2, 0) is 9.59 Å². The molecule has 0 aromatic heterocycles. The van der Waals surface area contributed by atoms with Crippen molar-refractivity contribution >= 4 is 11.8 Å². The second kappa shape index (κ2) is 5.23. The lowest BCUT2D eigenvalue weighted by Gasteiger charge is -2.16. The molecule has 0 aromatic carbocycles. The quantitative estimate of drug-likeness (QED) is 0.613. The maximum Gasteiger partial charge on any atom is 0.246 e.